The van der Waals surface area contributed by atoms with Crippen LogP contribution in [0.2, 0.25) is 5.02 Å². The Bertz CT molecular complexity index is 1000. The molecule has 2 aromatic heterocycles. The maximum atomic E-state index is 9.94. The Labute approximate surface area is 163 Å². The van der Waals surface area contributed by atoms with Crippen LogP contribution in [-0.4, -0.2) is 62.9 Å². The smallest absolute Gasteiger partial charge is 0.142 e. The van der Waals surface area contributed by atoms with Crippen molar-refractivity contribution < 1.29 is 5.11 Å². The van der Waals surface area contributed by atoms with Gasteiger partial charge in [-0.2, -0.15) is 0 Å². The van der Waals surface area contributed by atoms with Gasteiger partial charge < -0.3 is 14.6 Å². The number of aromatic nitrogens is 3. The number of piperazine rings is 1. The standard InChI is InChI=1S/C20H22ClN5O/c1-24-18-5-3-2-4-17(18)23-20(24)15-9-19(22-10-16(15)21)26-7-6-25-12-14(27)8-13(25)11-26/h2-5,9-10,13-14,27H,6-8,11-12H2,1H3. The SMILES string of the molecule is Cn1c(-c2cc(N3CCN4CC(O)CC4C3)ncc2Cl)nc2ccccc21. The minimum atomic E-state index is -0.205. The summed E-state index contributed by atoms with van der Waals surface area (Å²) >= 11 is 6.50. The summed E-state index contributed by atoms with van der Waals surface area (Å²) < 4.78 is 2.07. The second kappa shape index (κ2) is 6.48. The number of para-hydroxylation sites is 2. The van der Waals surface area contributed by atoms with Crippen LogP contribution >= 0.6 is 11.6 Å². The predicted octanol–water partition coefficient (Wildman–Crippen LogP) is 2.54. The Hall–Kier alpha value is -2.15. The molecule has 2 unspecified atom stereocenters. The van der Waals surface area contributed by atoms with Gasteiger partial charge in [-0.1, -0.05) is 23.7 Å². The summed E-state index contributed by atoms with van der Waals surface area (Å²) in [6, 6.07) is 10.5. The molecule has 0 bridgehead atoms. The lowest BCUT2D eigenvalue weighted by molar-refractivity contribution is 0.173. The number of anilines is 1. The molecule has 2 aliphatic heterocycles. The molecular formula is C20H22ClN5O. The Kier molecular flexibility index (Phi) is 4.07. The predicted molar refractivity (Wildman–Crippen MR) is 107 cm³/mol. The van der Waals surface area contributed by atoms with Gasteiger partial charge in [0.1, 0.15) is 11.6 Å². The first-order valence-corrected chi connectivity index (χ1v) is 9.72. The van der Waals surface area contributed by atoms with Crippen molar-refractivity contribution in [3.63, 3.8) is 0 Å². The van der Waals surface area contributed by atoms with E-state index in [-0.39, 0.29) is 6.10 Å². The van der Waals surface area contributed by atoms with Crippen molar-refractivity contribution >= 4 is 28.5 Å². The fourth-order valence-corrected chi connectivity index (χ4v) is 4.57. The lowest BCUT2D eigenvalue weighted by Crippen LogP contribution is -2.50. The third-order valence-corrected chi connectivity index (χ3v) is 6.09. The number of imidazole rings is 1. The van der Waals surface area contributed by atoms with Gasteiger partial charge >= 0.3 is 0 Å². The molecule has 140 valence electrons. The molecule has 6 nitrogen and oxygen atoms in total. The number of halogens is 1. The van der Waals surface area contributed by atoms with E-state index in [0.29, 0.717) is 11.1 Å². The van der Waals surface area contributed by atoms with E-state index in [2.05, 4.69) is 25.4 Å². The molecule has 2 saturated heterocycles. The van der Waals surface area contributed by atoms with Crippen LogP contribution in [0.5, 0.6) is 0 Å². The zero-order valence-corrected chi connectivity index (χ0v) is 16.0. The summed E-state index contributed by atoms with van der Waals surface area (Å²) in [5, 5.41) is 10.5. The molecule has 2 aliphatic rings. The van der Waals surface area contributed by atoms with Gasteiger partial charge in [0.15, 0.2) is 0 Å². The van der Waals surface area contributed by atoms with E-state index < -0.39 is 0 Å². The highest BCUT2D eigenvalue weighted by Gasteiger charge is 2.35. The Morgan fingerprint density at radius 1 is 1.19 bits per heavy atom. The van der Waals surface area contributed by atoms with Crippen molar-refractivity contribution in [2.45, 2.75) is 18.6 Å². The average molecular weight is 384 g/mol. The van der Waals surface area contributed by atoms with Crippen LogP contribution < -0.4 is 4.90 Å². The van der Waals surface area contributed by atoms with Crippen LogP contribution in [0.4, 0.5) is 5.82 Å². The molecule has 7 heteroatoms. The van der Waals surface area contributed by atoms with Gasteiger partial charge in [-0.15, -0.1) is 0 Å². The van der Waals surface area contributed by atoms with E-state index in [0.717, 1.165) is 60.8 Å². The van der Waals surface area contributed by atoms with Crippen molar-refractivity contribution in [1.82, 2.24) is 19.4 Å². The number of rotatable bonds is 2. The zero-order chi connectivity index (χ0) is 18.5. The molecule has 0 amide bonds. The monoisotopic (exact) mass is 383 g/mol. The quantitative estimate of drug-likeness (QED) is 0.737. The number of benzene rings is 1. The molecule has 4 heterocycles. The summed E-state index contributed by atoms with van der Waals surface area (Å²) in [6.45, 7) is 3.53. The van der Waals surface area contributed by atoms with Crippen LogP contribution in [0.1, 0.15) is 6.42 Å². The number of aryl methyl sites for hydroxylation is 1. The molecule has 27 heavy (non-hydrogen) atoms. The van der Waals surface area contributed by atoms with Crippen molar-refractivity contribution in [2.24, 2.45) is 7.05 Å². The molecule has 2 fully saturated rings. The van der Waals surface area contributed by atoms with Crippen molar-refractivity contribution in [3.8, 4) is 11.4 Å². The van der Waals surface area contributed by atoms with Crippen LogP contribution in [0.15, 0.2) is 36.5 Å². The topological polar surface area (TPSA) is 57.4 Å². The molecule has 1 aromatic carbocycles. The highest BCUT2D eigenvalue weighted by Crippen LogP contribution is 2.33. The normalized spacial score (nSPS) is 23.1. The van der Waals surface area contributed by atoms with E-state index in [1.165, 1.54) is 0 Å². The van der Waals surface area contributed by atoms with Gasteiger partial charge in [0, 0.05) is 51.0 Å². The van der Waals surface area contributed by atoms with Gasteiger partial charge in [0.2, 0.25) is 0 Å². The van der Waals surface area contributed by atoms with E-state index in [1.54, 1.807) is 6.20 Å². The molecule has 0 saturated carbocycles. The molecule has 3 aromatic rings. The van der Waals surface area contributed by atoms with Gasteiger partial charge in [-0.25, -0.2) is 9.97 Å². The Balaban J connectivity index is 1.50. The van der Waals surface area contributed by atoms with E-state index >= 15 is 0 Å². The maximum absolute atomic E-state index is 9.94. The third-order valence-electron chi connectivity index (χ3n) is 5.79. The highest BCUT2D eigenvalue weighted by molar-refractivity contribution is 6.33. The van der Waals surface area contributed by atoms with E-state index in [1.807, 2.05) is 31.3 Å². The lowest BCUT2D eigenvalue weighted by atomic mass is 10.1. The second-order valence-electron chi connectivity index (χ2n) is 7.49. The number of hydrogen-bond acceptors (Lipinski definition) is 5. The van der Waals surface area contributed by atoms with Crippen LogP contribution in [0, 0.1) is 0 Å². The summed E-state index contributed by atoms with van der Waals surface area (Å²) in [5.74, 6) is 1.77. The van der Waals surface area contributed by atoms with Crippen LogP contribution in [0.25, 0.3) is 22.4 Å². The number of nitrogens with zero attached hydrogens (tertiary/aromatic N) is 5. The molecule has 5 rings (SSSR count). The number of hydrogen-bond donors (Lipinski definition) is 1. The number of aliphatic hydroxyl groups excluding tert-OH is 1. The van der Waals surface area contributed by atoms with Gasteiger partial charge in [0.25, 0.3) is 0 Å². The fraction of sp³-hybridized carbons (Fsp3) is 0.400. The third kappa shape index (κ3) is 2.88. The molecule has 0 radical (unpaired) electrons. The van der Waals surface area contributed by atoms with Gasteiger partial charge in [-0.05, 0) is 24.6 Å². The van der Waals surface area contributed by atoms with Crippen molar-refractivity contribution in [3.05, 3.63) is 41.6 Å². The summed E-state index contributed by atoms with van der Waals surface area (Å²) in [6.07, 6.45) is 2.35. The zero-order valence-electron chi connectivity index (χ0n) is 15.2. The van der Waals surface area contributed by atoms with Gasteiger partial charge in [0.05, 0.1) is 22.2 Å². The van der Waals surface area contributed by atoms with Crippen molar-refractivity contribution in [1.29, 1.82) is 0 Å². The first-order valence-electron chi connectivity index (χ1n) is 9.34. The van der Waals surface area contributed by atoms with E-state index in [9.17, 15) is 5.11 Å². The van der Waals surface area contributed by atoms with Crippen LogP contribution in [0.3, 0.4) is 0 Å². The van der Waals surface area contributed by atoms with Crippen molar-refractivity contribution in [2.75, 3.05) is 31.1 Å². The molecule has 1 N–H and O–H groups in total. The highest BCUT2D eigenvalue weighted by atomic mass is 35.5. The summed E-state index contributed by atoms with van der Waals surface area (Å²) in [5.41, 5.74) is 2.93. The number of fused-ring (bicyclic) bond motifs is 2. The average Bonchev–Trinajstić information content (AvgIpc) is 3.21. The lowest BCUT2D eigenvalue weighted by Gasteiger charge is -2.38. The first kappa shape index (κ1) is 17.0. The van der Waals surface area contributed by atoms with Gasteiger partial charge in [-0.3, -0.25) is 4.90 Å². The summed E-state index contributed by atoms with van der Waals surface area (Å²) in [7, 11) is 2.01. The minimum absolute atomic E-state index is 0.205. The van der Waals surface area contributed by atoms with Crippen LogP contribution in [-0.2, 0) is 7.05 Å². The molecule has 0 spiro atoms. The molecular weight excluding hydrogens is 362 g/mol. The minimum Gasteiger partial charge on any atom is -0.392 e. The Morgan fingerprint density at radius 3 is 2.89 bits per heavy atom. The maximum Gasteiger partial charge on any atom is 0.142 e. The second-order valence-corrected chi connectivity index (χ2v) is 7.90. The summed E-state index contributed by atoms with van der Waals surface area (Å²) in [4.78, 5) is 14.0. The number of aliphatic hydroxyl groups is 1. The van der Waals surface area contributed by atoms with E-state index in [4.69, 9.17) is 16.6 Å². The fourth-order valence-electron chi connectivity index (χ4n) is 4.38. The first-order chi connectivity index (χ1) is 13.1. The number of pyridine rings is 1. The molecule has 0 aliphatic carbocycles. The molecule has 2 atom stereocenters. The Morgan fingerprint density at radius 2 is 2.04 bits per heavy atom. The largest absolute Gasteiger partial charge is 0.392 e.